The zero-order valence-electron chi connectivity index (χ0n) is 13.8. The molecule has 0 saturated heterocycles. The number of hydrogen-bond donors (Lipinski definition) is 0. The van der Waals surface area contributed by atoms with E-state index in [4.69, 9.17) is 0 Å². The van der Waals surface area contributed by atoms with Crippen LogP contribution in [0.25, 0.3) is 31.2 Å². The van der Waals surface area contributed by atoms with Gasteiger partial charge in [-0.05, 0) is 44.1 Å². The number of aromatic nitrogens is 2. The van der Waals surface area contributed by atoms with Gasteiger partial charge in [0.1, 0.15) is 11.0 Å². The first-order chi connectivity index (χ1) is 11.5. The third-order valence-corrected chi connectivity index (χ3v) is 10.7. The molecule has 0 radical (unpaired) electrons. The fraction of sp³-hybridized carbons (Fsp3) is 0.222. The van der Waals surface area contributed by atoms with Gasteiger partial charge in [0.05, 0.1) is 21.5 Å². The Bertz CT molecular complexity index is 1110. The topological polar surface area (TPSA) is 25.8 Å². The van der Waals surface area contributed by atoms with E-state index in [1.54, 1.807) is 9.79 Å². The van der Waals surface area contributed by atoms with Gasteiger partial charge >= 0.3 is 0 Å². The first kappa shape index (κ1) is 15.1. The molecule has 5 rings (SSSR count). The summed E-state index contributed by atoms with van der Waals surface area (Å²) in [5.74, 6) is 0. The van der Waals surface area contributed by atoms with Crippen LogP contribution in [-0.2, 0) is 0 Å². The van der Waals surface area contributed by atoms with Gasteiger partial charge in [-0.1, -0.05) is 12.1 Å². The molecule has 4 aromatic rings. The van der Waals surface area contributed by atoms with E-state index in [1.165, 1.54) is 42.4 Å². The maximum Gasteiger partial charge on any atom is 0.113 e. The Morgan fingerprint density at radius 1 is 0.875 bits per heavy atom. The summed E-state index contributed by atoms with van der Waals surface area (Å²) >= 11 is 5.18. The lowest BCUT2D eigenvalue weighted by Crippen LogP contribution is -1.90. The summed E-state index contributed by atoms with van der Waals surface area (Å²) in [7, 11) is -0.892. The van der Waals surface area contributed by atoms with Crippen molar-refractivity contribution in [2.45, 2.75) is 23.6 Å². The smallest absolute Gasteiger partial charge is 0.113 e. The van der Waals surface area contributed by atoms with E-state index in [0.29, 0.717) is 0 Å². The molecule has 0 saturated carbocycles. The van der Waals surface area contributed by atoms with Crippen LogP contribution in [0.2, 0.25) is 0 Å². The molecule has 6 heteroatoms. The number of aryl methyl sites for hydroxylation is 2. The fourth-order valence-corrected chi connectivity index (χ4v) is 10.2. The summed E-state index contributed by atoms with van der Waals surface area (Å²) in [5.41, 5.74) is 4.53. The molecule has 1 aliphatic heterocycles. The molecule has 0 spiro atoms. The third-order valence-electron chi connectivity index (χ3n) is 4.71. The Labute approximate surface area is 154 Å². The highest BCUT2D eigenvalue weighted by molar-refractivity contribution is 8.33. The van der Waals surface area contributed by atoms with E-state index < -0.39 is 10.0 Å². The summed E-state index contributed by atoms with van der Waals surface area (Å²) in [6.45, 7) is 4.33. The maximum atomic E-state index is 4.57. The van der Waals surface area contributed by atoms with Crippen LogP contribution in [0.1, 0.15) is 10.4 Å². The zero-order valence-corrected chi connectivity index (χ0v) is 17.1. The fourth-order valence-electron chi connectivity index (χ4n) is 3.38. The second kappa shape index (κ2) is 4.91. The molecule has 0 unspecified atom stereocenters. The number of rotatable bonds is 1. The van der Waals surface area contributed by atoms with Crippen molar-refractivity contribution in [1.82, 2.24) is 8.75 Å². The highest BCUT2D eigenvalue weighted by Crippen LogP contribution is 2.71. The van der Waals surface area contributed by atoms with Crippen molar-refractivity contribution in [1.29, 1.82) is 0 Å². The van der Waals surface area contributed by atoms with E-state index in [0.717, 1.165) is 11.0 Å². The van der Waals surface area contributed by atoms with Crippen LogP contribution in [0.4, 0.5) is 0 Å². The van der Waals surface area contributed by atoms with Gasteiger partial charge in [-0.15, -0.1) is 22.7 Å². The largest absolute Gasteiger partial charge is 0.191 e. The normalized spacial score (nSPS) is 16.3. The minimum absolute atomic E-state index is 0.892. The van der Waals surface area contributed by atoms with Crippen LogP contribution >= 0.6 is 44.4 Å². The molecule has 0 atom stereocenters. The molecule has 4 heterocycles. The lowest BCUT2D eigenvalue weighted by molar-refractivity contribution is 1.48. The van der Waals surface area contributed by atoms with Gasteiger partial charge in [0.15, 0.2) is 0 Å². The molecular weight excluding hydrogens is 372 g/mol. The van der Waals surface area contributed by atoms with Gasteiger partial charge < -0.3 is 0 Å². The standard InChI is InChI=1S/C18H16N2S4/c1-9-5-6-11(16-15(9)19-23-20-16)12-8-14-18(22-12)17-13(24(14,3)4)7-10(2)21-17/h5-8H,1-4H3. The van der Waals surface area contributed by atoms with E-state index >= 15 is 0 Å². The second-order valence-electron chi connectivity index (χ2n) is 6.57. The van der Waals surface area contributed by atoms with Crippen LogP contribution < -0.4 is 0 Å². The van der Waals surface area contributed by atoms with E-state index in [2.05, 4.69) is 59.4 Å². The first-order valence-electron chi connectivity index (χ1n) is 7.67. The van der Waals surface area contributed by atoms with E-state index in [1.807, 2.05) is 22.7 Å². The SMILES string of the molecule is Cc1cc2c(s1)-c1sc(-c3ccc(C)c4nsnc34)cc1S2(C)C. The molecule has 0 aliphatic carbocycles. The molecule has 1 aromatic carbocycles. The quantitative estimate of drug-likeness (QED) is 0.369. The number of fused-ring (bicyclic) bond motifs is 4. The molecule has 0 fully saturated rings. The molecule has 2 nitrogen and oxygen atoms in total. The molecule has 24 heavy (non-hydrogen) atoms. The van der Waals surface area contributed by atoms with Gasteiger partial charge in [0.2, 0.25) is 0 Å². The van der Waals surface area contributed by atoms with Gasteiger partial charge in [-0.3, -0.25) is 0 Å². The van der Waals surface area contributed by atoms with Gasteiger partial charge in [0, 0.05) is 25.1 Å². The molecule has 0 bridgehead atoms. The minimum Gasteiger partial charge on any atom is -0.191 e. The number of nitrogens with zero attached hydrogens (tertiary/aromatic N) is 2. The Morgan fingerprint density at radius 2 is 1.58 bits per heavy atom. The predicted molar refractivity (Wildman–Crippen MR) is 109 cm³/mol. The van der Waals surface area contributed by atoms with Crippen LogP contribution in [0.5, 0.6) is 0 Å². The van der Waals surface area contributed by atoms with E-state index in [9.17, 15) is 0 Å². The molecule has 0 N–H and O–H groups in total. The summed E-state index contributed by atoms with van der Waals surface area (Å²) in [4.78, 5) is 8.84. The molecule has 122 valence electrons. The van der Waals surface area contributed by atoms with Crippen molar-refractivity contribution in [2.24, 2.45) is 0 Å². The van der Waals surface area contributed by atoms with Gasteiger partial charge in [-0.25, -0.2) is 0 Å². The number of benzene rings is 1. The lowest BCUT2D eigenvalue weighted by Gasteiger charge is -2.26. The van der Waals surface area contributed by atoms with E-state index in [-0.39, 0.29) is 0 Å². The Hall–Kier alpha value is -1.21. The van der Waals surface area contributed by atoms with Crippen molar-refractivity contribution in [2.75, 3.05) is 12.5 Å². The van der Waals surface area contributed by atoms with Crippen molar-refractivity contribution >= 4 is 55.5 Å². The summed E-state index contributed by atoms with van der Waals surface area (Å²) in [5, 5.41) is 0. The van der Waals surface area contributed by atoms with Crippen molar-refractivity contribution in [3.63, 3.8) is 0 Å². The lowest BCUT2D eigenvalue weighted by atomic mass is 10.1. The van der Waals surface area contributed by atoms with Crippen LogP contribution in [0.15, 0.2) is 34.1 Å². The zero-order chi connectivity index (χ0) is 16.6. The Balaban J connectivity index is 1.77. The first-order valence-corrected chi connectivity index (χ1v) is 12.5. The minimum atomic E-state index is -0.892. The molecule has 3 aromatic heterocycles. The highest BCUT2D eigenvalue weighted by Gasteiger charge is 2.36. The average Bonchev–Trinajstić information content (AvgIpc) is 3.25. The predicted octanol–water partition coefficient (Wildman–Crippen LogP) is 6.56. The third kappa shape index (κ3) is 1.88. The highest BCUT2D eigenvalue weighted by atomic mass is 32.3. The number of hydrogen-bond acceptors (Lipinski definition) is 5. The second-order valence-corrected chi connectivity index (χ2v) is 12.9. The molecular formula is C18H16N2S4. The van der Waals surface area contributed by atoms with Crippen molar-refractivity contribution in [3.05, 3.63) is 34.7 Å². The Kier molecular flexibility index (Phi) is 3.09. The molecule has 1 aliphatic rings. The molecule has 0 amide bonds. The Morgan fingerprint density at radius 3 is 2.42 bits per heavy atom. The summed E-state index contributed by atoms with van der Waals surface area (Å²) in [6.07, 6.45) is 4.85. The maximum absolute atomic E-state index is 4.57. The van der Waals surface area contributed by atoms with Gasteiger partial charge in [0.25, 0.3) is 0 Å². The number of thiophene rings is 2. The van der Waals surface area contributed by atoms with Crippen molar-refractivity contribution in [3.8, 4) is 20.2 Å². The average molecular weight is 389 g/mol. The van der Waals surface area contributed by atoms with Crippen LogP contribution in [0, 0.1) is 13.8 Å². The summed E-state index contributed by atoms with van der Waals surface area (Å²) in [6, 6.07) is 9.20. The van der Waals surface area contributed by atoms with Crippen LogP contribution in [-0.4, -0.2) is 21.3 Å². The summed E-state index contributed by atoms with van der Waals surface area (Å²) < 4.78 is 9.05. The monoisotopic (exact) mass is 388 g/mol. The van der Waals surface area contributed by atoms with Crippen LogP contribution in [0.3, 0.4) is 0 Å². The van der Waals surface area contributed by atoms with Gasteiger partial charge in [-0.2, -0.15) is 18.8 Å². The van der Waals surface area contributed by atoms with Crippen molar-refractivity contribution < 1.29 is 0 Å².